The van der Waals surface area contributed by atoms with Crippen LogP contribution in [0.2, 0.25) is 0 Å². The maximum atomic E-state index is 13.1. The number of likely N-dealkylation sites (tertiary alicyclic amines) is 1. The van der Waals surface area contributed by atoms with Crippen LogP contribution in [0.1, 0.15) is 20.3 Å². The van der Waals surface area contributed by atoms with Gasteiger partial charge in [0.1, 0.15) is 0 Å². The van der Waals surface area contributed by atoms with Gasteiger partial charge in [0, 0.05) is 13.1 Å². The summed E-state index contributed by atoms with van der Waals surface area (Å²) in [7, 11) is 0. The van der Waals surface area contributed by atoms with Crippen LogP contribution in [0.4, 0.5) is 23.1 Å². The van der Waals surface area contributed by atoms with E-state index in [0.29, 0.717) is 5.13 Å². The van der Waals surface area contributed by atoms with Gasteiger partial charge in [-0.3, -0.25) is 5.32 Å². The summed E-state index contributed by atoms with van der Waals surface area (Å²) in [5, 5.41) is 3.16. The maximum absolute atomic E-state index is 13.1. The van der Waals surface area contributed by atoms with Gasteiger partial charge in [-0.05, 0) is 24.0 Å². The Hall–Kier alpha value is -1.83. The summed E-state index contributed by atoms with van der Waals surface area (Å²) in [5.74, 6) is -1.39. The Labute approximate surface area is 141 Å². The Morgan fingerprint density at radius 2 is 2.08 bits per heavy atom. The minimum absolute atomic E-state index is 0.0634. The van der Waals surface area contributed by atoms with E-state index in [-0.39, 0.29) is 19.5 Å². The zero-order valence-electron chi connectivity index (χ0n) is 13.4. The second-order valence-electron chi connectivity index (χ2n) is 6.71. The highest BCUT2D eigenvalue weighted by atomic mass is 32.1. The molecule has 0 bridgehead atoms. The summed E-state index contributed by atoms with van der Waals surface area (Å²) in [4.78, 5) is 18.1. The van der Waals surface area contributed by atoms with Crippen LogP contribution in [-0.2, 0) is 0 Å². The fraction of sp³-hybridized carbons (Fsp3) is 0.500. The lowest BCUT2D eigenvalue weighted by Gasteiger charge is -2.44. The molecular weight excluding hydrogens is 339 g/mol. The van der Waals surface area contributed by atoms with Gasteiger partial charge >= 0.3 is 12.2 Å². The molecule has 0 spiro atoms. The summed E-state index contributed by atoms with van der Waals surface area (Å²) >= 11 is 1.34. The van der Waals surface area contributed by atoms with Crippen molar-refractivity contribution >= 4 is 32.7 Å². The number of hydrogen-bond donors (Lipinski definition) is 1. The molecule has 1 aliphatic rings. The third kappa shape index (κ3) is 3.33. The predicted molar refractivity (Wildman–Crippen MR) is 88.2 cm³/mol. The summed E-state index contributed by atoms with van der Waals surface area (Å²) < 4.78 is 40.3. The van der Waals surface area contributed by atoms with Crippen molar-refractivity contribution in [1.29, 1.82) is 0 Å². The van der Waals surface area contributed by atoms with Crippen molar-refractivity contribution in [3.8, 4) is 0 Å². The molecule has 1 atom stereocenters. The number of piperidine rings is 1. The number of halogens is 3. The fourth-order valence-electron chi connectivity index (χ4n) is 3.23. The van der Waals surface area contributed by atoms with Gasteiger partial charge in [-0.1, -0.05) is 37.3 Å². The number of nitrogens with zero attached hydrogens (tertiary/aromatic N) is 2. The average Bonchev–Trinajstić information content (AvgIpc) is 2.86. The minimum atomic E-state index is -4.24. The van der Waals surface area contributed by atoms with E-state index in [1.807, 2.05) is 24.3 Å². The number of rotatable bonds is 1. The van der Waals surface area contributed by atoms with Gasteiger partial charge in [-0.15, -0.1) is 0 Å². The Kier molecular flexibility index (Phi) is 4.19. The molecular formula is C16H18F3N3OS. The predicted octanol–water partition coefficient (Wildman–Crippen LogP) is 4.74. The Morgan fingerprint density at radius 3 is 2.71 bits per heavy atom. The van der Waals surface area contributed by atoms with E-state index in [4.69, 9.17) is 0 Å². The highest BCUT2D eigenvalue weighted by molar-refractivity contribution is 7.22. The number of nitrogens with one attached hydrogen (secondary N) is 1. The summed E-state index contributed by atoms with van der Waals surface area (Å²) in [6, 6.07) is 7.09. The standard InChI is InChI=1S/C16H18F3N3OS/c1-15(2)9-22(8-7-12(15)16(17,18)19)14(23)21-13-20-10-5-3-4-6-11(10)24-13/h3-6,12H,7-9H2,1-2H3,(H,20,21,23). The van der Waals surface area contributed by atoms with Crippen LogP contribution in [0.3, 0.4) is 0 Å². The number of alkyl halides is 3. The first-order valence-electron chi connectivity index (χ1n) is 7.65. The zero-order valence-corrected chi connectivity index (χ0v) is 14.2. The molecule has 2 aromatic rings. The smallest absolute Gasteiger partial charge is 0.324 e. The van der Waals surface area contributed by atoms with Crippen molar-refractivity contribution in [3.63, 3.8) is 0 Å². The number of urea groups is 1. The van der Waals surface area contributed by atoms with E-state index < -0.39 is 23.5 Å². The van der Waals surface area contributed by atoms with Crippen molar-refractivity contribution in [2.75, 3.05) is 18.4 Å². The Morgan fingerprint density at radius 1 is 1.38 bits per heavy atom. The summed E-state index contributed by atoms with van der Waals surface area (Å²) in [6.45, 7) is 3.27. The van der Waals surface area contributed by atoms with E-state index in [1.54, 1.807) is 13.8 Å². The van der Waals surface area contributed by atoms with E-state index in [2.05, 4.69) is 10.3 Å². The van der Waals surface area contributed by atoms with Gasteiger partial charge in [0.2, 0.25) is 0 Å². The second-order valence-corrected chi connectivity index (χ2v) is 7.74. The lowest BCUT2D eigenvalue weighted by atomic mass is 9.73. The van der Waals surface area contributed by atoms with Crippen molar-refractivity contribution in [3.05, 3.63) is 24.3 Å². The topological polar surface area (TPSA) is 45.2 Å². The molecule has 1 aliphatic heterocycles. The molecule has 0 saturated carbocycles. The molecule has 8 heteroatoms. The lowest BCUT2D eigenvalue weighted by molar-refractivity contribution is -0.214. The van der Waals surface area contributed by atoms with Crippen LogP contribution >= 0.6 is 11.3 Å². The van der Waals surface area contributed by atoms with E-state index >= 15 is 0 Å². The number of amides is 2. The fourth-order valence-corrected chi connectivity index (χ4v) is 4.09. The third-order valence-corrected chi connectivity index (χ3v) is 5.37. The van der Waals surface area contributed by atoms with Gasteiger partial charge in [0.25, 0.3) is 0 Å². The van der Waals surface area contributed by atoms with Gasteiger partial charge in [0.05, 0.1) is 16.1 Å². The quantitative estimate of drug-likeness (QED) is 0.801. The van der Waals surface area contributed by atoms with Crippen molar-refractivity contribution < 1.29 is 18.0 Å². The molecule has 0 aliphatic carbocycles. The van der Waals surface area contributed by atoms with E-state index in [9.17, 15) is 18.0 Å². The molecule has 2 amide bonds. The van der Waals surface area contributed by atoms with Crippen LogP contribution in [-0.4, -0.2) is 35.2 Å². The largest absolute Gasteiger partial charge is 0.392 e. The summed E-state index contributed by atoms with van der Waals surface area (Å²) in [5.41, 5.74) is -0.226. The molecule has 1 saturated heterocycles. The SMILES string of the molecule is CC1(C)CN(C(=O)Nc2nc3ccccc3s2)CCC1C(F)(F)F. The van der Waals surface area contributed by atoms with Crippen molar-refractivity contribution in [2.24, 2.45) is 11.3 Å². The molecule has 24 heavy (non-hydrogen) atoms. The molecule has 2 heterocycles. The number of thiazole rings is 1. The van der Waals surface area contributed by atoms with Crippen LogP contribution in [0, 0.1) is 11.3 Å². The zero-order chi connectivity index (χ0) is 17.5. The molecule has 130 valence electrons. The van der Waals surface area contributed by atoms with Gasteiger partial charge in [0.15, 0.2) is 5.13 Å². The number of para-hydroxylation sites is 1. The molecule has 1 unspecified atom stereocenters. The molecule has 4 nitrogen and oxygen atoms in total. The molecule has 3 rings (SSSR count). The number of fused-ring (bicyclic) bond motifs is 1. The molecule has 0 radical (unpaired) electrons. The minimum Gasteiger partial charge on any atom is -0.324 e. The number of aromatic nitrogens is 1. The second kappa shape index (κ2) is 5.91. The van der Waals surface area contributed by atoms with Gasteiger partial charge in [-0.25, -0.2) is 9.78 Å². The van der Waals surface area contributed by atoms with Gasteiger partial charge in [-0.2, -0.15) is 13.2 Å². The van der Waals surface area contributed by atoms with E-state index in [1.165, 1.54) is 16.2 Å². The van der Waals surface area contributed by atoms with Crippen LogP contribution in [0.25, 0.3) is 10.2 Å². The molecule has 1 fully saturated rings. The average molecular weight is 357 g/mol. The number of hydrogen-bond acceptors (Lipinski definition) is 3. The first-order valence-corrected chi connectivity index (χ1v) is 8.47. The third-order valence-electron chi connectivity index (χ3n) is 4.42. The Bertz CT molecular complexity index is 723. The normalized spacial score (nSPS) is 21.0. The van der Waals surface area contributed by atoms with Crippen molar-refractivity contribution in [2.45, 2.75) is 26.4 Å². The highest BCUT2D eigenvalue weighted by Crippen LogP contribution is 2.45. The summed E-state index contributed by atoms with van der Waals surface area (Å²) in [6.07, 6.45) is -4.32. The number of carbonyl (C=O) groups is 1. The number of anilines is 1. The monoisotopic (exact) mass is 357 g/mol. The number of carbonyl (C=O) groups excluding carboxylic acids is 1. The maximum Gasteiger partial charge on any atom is 0.392 e. The van der Waals surface area contributed by atoms with Crippen molar-refractivity contribution in [1.82, 2.24) is 9.88 Å². The highest BCUT2D eigenvalue weighted by Gasteiger charge is 2.51. The lowest BCUT2D eigenvalue weighted by Crippen LogP contribution is -2.53. The molecule has 1 aromatic heterocycles. The first kappa shape index (κ1) is 17.0. The first-order chi connectivity index (χ1) is 11.2. The van der Waals surface area contributed by atoms with Crippen LogP contribution in [0.5, 0.6) is 0 Å². The van der Waals surface area contributed by atoms with E-state index in [0.717, 1.165) is 10.2 Å². The van der Waals surface area contributed by atoms with Crippen LogP contribution in [0.15, 0.2) is 24.3 Å². The Balaban J connectivity index is 1.70. The van der Waals surface area contributed by atoms with Gasteiger partial charge < -0.3 is 4.90 Å². The molecule has 1 N–H and O–H groups in total. The molecule has 1 aromatic carbocycles. The number of benzene rings is 1. The van der Waals surface area contributed by atoms with Crippen LogP contribution < -0.4 is 5.32 Å².